The van der Waals surface area contributed by atoms with Gasteiger partial charge in [-0.3, -0.25) is 4.79 Å². The molecule has 1 aromatic heterocycles. The normalized spacial score (nSPS) is 13.9. The quantitative estimate of drug-likeness (QED) is 0.551. The van der Waals surface area contributed by atoms with E-state index >= 15 is 0 Å². The molecular formula is C23H18N2O4S. The van der Waals surface area contributed by atoms with Gasteiger partial charge in [0.2, 0.25) is 0 Å². The fourth-order valence-corrected chi connectivity index (χ4v) is 5.10. The Balaban J connectivity index is 1.72. The summed E-state index contributed by atoms with van der Waals surface area (Å²) in [6, 6.07) is 21.0. The van der Waals surface area contributed by atoms with Crippen molar-refractivity contribution in [2.75, 3.05) is 13.2 Å². The summed E-state index contributed by atoms with van der Waals surface area (Å²) in [4.78, 5) is 12.6. The van der Waals surface area contributed by atoms with Gasteiger partial charge in [0.1, 0.15) is 12.4 Å². The van der Waals surface area contributed by atoms with Gasteiger partial charge in [-0.2, -0.15) is 0 Å². The summed E-state index contributed by atoms with van der Waals surface area (Å²) in [6.45, 7) is 0.851. The van der Waals surface area contributed by atoms with E-state index in [-0.39, 0.29) is 10.8 Å². The van der Waals surface area contributed by atoms with E-state index in [9.17, 15) is 13.2 Å². The highest BCUT2D eigenvalue weighted by Gasteiger charge is 2.23. The summed E-state index contributed by atoms with van der Waals surface area (Å²) in [5.74, 6) is 0.319. The first-order valence-corrected chi connectivity index (χ1v) is 11.0. The van der Waals surface area contributed by atoms with Crippen LogP contribution >= 0.6 is 0 Å². The van der Waals surface area contributed by atoms with Crippen LogP contribution in [0.4, 0.5) is 0 Å². The van der Waals surface area contributed by atoms with Crippen molar-refractivity contribution in [3.05, 3.63) is 84.6 Å². The first-order valence-electron chi connectivity index (χ1n) is 9.52. The van der Waals surface area contributed by atoms with Crippen molar-refractivity contribution in [3.63, 3.8) is 0 Å². The molecule has 1 amide bonds. The van der Waals surface area contributed by atoms with Crippen LogP contribution in [0, 0.1) is 0 Å². The van der Waals surface area contributed by atoms with E-state index in [1.807, 2.05) is 18.2 Å². The van der Waals surface area contributed by atoms with E-state index in [0.29, 0.717) is 30.0 Å². The molecule has 0 saturated heterocycles. The second kappa shape index (κ2) is 7.03. The smallest absolute Gasteiger partial charge is 0.268 e. The minimum Gasteiger partial charge on any atom is -0.491 e. The molecule has 6 nitrogen and oxygen atoms in total. The van der Waals surface area contributed by atoms with Gasteiger partial charge >= 0.3 is 0 Å². The Morgan fingerprint density at radius 3 is 2.50 bits per heavy atom. The molecule has 0 bridgehead atoms. The zero-order valence-corrected chi connectivity index (χ0v) is 16.7. The van der Waals surface area contributed by atoms with Gasteiger partial charge in [0.15, 0.2) is 0 Å². The molecule has 150 valence electrons. The Hall–Kier alpha value is -3.58. The number of aromatic nitrogens is 1. The number of fused-ring (bicyclic) bond motifs is 2. The largest absolute Gasteiger partial charge is 0.491 e. The highest BCUT2D eigenvalue weighted by Crippen LogP contribution is 2.35. The van der Waals surface area contributed by atoms with Crippen molar-refractivity contribution >= 4 is 26.8 Å². The Bertz CT molecular complexity index is 1380. The lowest BCUT2D eigenvalue weighted by molar-refractivity contribution is 0.0957. The SMILES string of the molecule is O=C1NCCOc2ccc(-c3cn(S(=O)(=O)c4ccccc4)c4ccccc34)cc21. The molecule has 3 aromatic carbocycles. The summed E-state index contributed by atoms with van der Waals surface area (Å²) in [5.41, 5.74) is 2.48. The Morgan fingerprint density at radius 1 is 0.900 bits per heavy atom. The molecule has 4 aromatic rings. The van der Waals surface area contributed by atoms with Gasteiger partial charge in [0.05, 0.1) is 22.5 Å². The van der Waals surface area contributed by atoms with E-state index in [4.69, 9.17) is 4.74 Å². The molecule has 5 rings (SSSR count). The number of nitrogens with one attached hydrogen (secondary N) is 1. The number of hydrogen-bond donors (Lipinski definition) is 1. The minimum absolute atomic E-state index is 0.204. The zero-order chi connectivity index (χ0) is 20.7. The molecule has 0 saturated carbocycles. The van der Waals surface area contributed by atoms with E-state index < -0.39 is 10.0 Å². The van der Waals surface area contributed by atoms with Crippen LogP contribution in [0.2, 0.25) is 0 Å². The van der Waals surface area contributed by atoms with Gasteiger partial charge in [-0.15, -0.1) is 0 Å². The predicted octanol–water partition coefficient (Wildman–Crippen LogP) is 3.67. The van der Waals surface area contributed by atoms with Gasteiger partial charge in [0.25, 0.3) is 15.9 Å². The van der Waals surface area contributed by atoms with Gasteiger partial charge < -0.3 is 10.1 Å². The summed E-state index contributed by atoms with van der Waals surface area (Å²) in [6.07, 6.45) is 1.62. The molecule has 0 atom stereocenters. The molecular weight excluding hydrogens is 400 g/mol. The average molecular weight is 418 g/mol. The topological polar surface area (TPSA) is 77.4 Å². The molecule has 30 heavy (non-hydrogen) atoms. The first kappa shape index (κ1) is 18.4. The van der Waals surface area contributed by atoms with Crippen LogP contribution in [0.5, 0.6) is 5.75 Å². The Kier molecular flexibility index (Phi) is 4.33. The maximum Gasteiger partial charge on any atom is 0.268 e. The lowest BCUT2D eigenvalue weighted by Gasteiger charge is -2.08. The van der Waals surface area contributed by atoms with Crippen LogP contribution in [0.1, 0.15) is 10.4 Å². The predicted molar refractivity (Wildman–Crippen MR) is 114 cm³/mol. The third kappa shape index (κ3) is 2.95. The fraction of sp³-hybridized carbons (Fsp3) is 0.0870. The van der Waals surface area contributed by atoms with Crippen LogP contribution in [0.15, 0.2) is 83.9 Å². The van der Waals surface area contributed by atoms with E-state index in [1.165, 1.54) is 3.97 Å². The molecule has 0 spiro atoms. The van der Waals surface area contributed by atoms with Crippen LogP contribution in [0.3, 0.4) is 0 Å². The lowest BCUT2D eigenvalue weighted by atomic mass is 10.0. The molecule has 1 N–H and O–H groups in total. The molecule has 7 heteroatoms. The zero-order valence-electron chi connectivity index (χ0n) is 15.9. The number of amides is 1. The van der Waals surface area contributed by atoms with E-state index in [2.05, 4.69) is 5.32 Å². The van der Waals surface area contributed by atoms with E-state index in [0.717, 1.165) is 16.5 Å². The molecule has 1 aliphatic heterocycles. The van der Waals surface area contributed by atoms with Gasteiger partial charge in [-0.25, -0.2) is 12.4 Å². The molecule has 0 aliphatic carbocycles. The van der Waals surface area contributed by atoms with Gasteiger partial charge in [-0.05, 0) is 35.9 Å². The standard InChI is InChI=1S/C23H18N2O4S/c26-23-19-14-16(10-11-22(19)29-13-12-24-23)20-15-25(21-9-5-4-8-18(20)21)30(27,28)17-6-2-1-3-7-17/h1-11,14-15H,12-13H2,(H,24,26). The maximum atomic E-state index is 13.3. The number of para-hydroxylation sites is 1. The van der Waals surface area contributed by atoms with Crippen LogP contribution in [0.25, 0.3) is 22.0 Å². The monoisotopic (exact) mass is 418 g/mol. The number of hydrogen-bond acceptors (Lipinski definition) is 4. The summed E-state index contributed by atoms with van der Waals surface area (Å²) in [5, 5.41) is 3.59. The third-order valence-corrected chi connectivity index (χ3v) is 6.85. The number of ether oxygens (including phenoxy) is 1. The van der Waals surface area contributed by atoms with Crippen LogP contribution < -0.4 is 10.1 Å². The van der Waals surface area contributed by atoms with Crippen LogP contribution in [-0.4, -0.2) is 31.4 Å². The van der Waals surface area contributed by atoms with Crippen molar-refractivity contribution < 1.29 is 17.9 Å². The number of carbonyl (C=O) groups is 1. The van der Waals surface area contributed by atoms with Crippen molar-refractivity contribution in [1.82, 2.24) is 9.29 Å². The Labute approximate surface area is 173 Å². The molecule has 0 fully saturated rings. The molecule has 0 radical (unpaired) electrons. The number of nitrogens with zero attached hydrogens (tertiary/aromatic N) is 1. The van der Waals surface area contributed by atoms with E-state index in [1.54, 1.807) is 60.8 Å². The summed E-state index contributed by atoms with van der Waals surface area (Å²) >= 11 is 0. The highest BCUT2D eigenvalue weighted by molar-refractivity contribution is 7.90. The minimum atomic E-state index is -3.77. The first-order chi connectivity index (χ1) is 14.6. The maximum absolute atomic E-state index is 13.3. The Morgan fingerprint density at radius 2 is 1.67 bits per heavy atom. The number of benzene rings is 3. The fourth-order valence-electron chi connectivity index (χ4n) is 3.71. The van der Waals surface area contributed by atoms with Crippen LogP contribution in [-0.2, 0) is 10.0 Å². The third-order valence-electron chi connectivity index (χ3n) is 5.16. The lowest BCUT2D eigenvalue weighted by Crippen LogP contribution is -2.24. The summed E-state index contributed by atoms with van der Waals surface area (Å²) < 4.78 is 33.5. The second-order valence-corrected chi connectivity index (χ2v) is 8.80. The molecule has 1 aliphatic rings. The van der Waals surface area contributed by atoms with Gasteiger partial charge in [-0.1, -0.05) is 42.5 Å². The number of carbonyl (C=O) groups excluding carboxylic acids is 1. The number of rotatable bonds is 3. The molecule has 0 unspecified atom stereocenters. The second-order valence-electron chi connectivity index (χ2n) is 6.99. The highest BCUT2D eigenvalue weighted by atomic mass is 32.2. The summed E-state index contributed by atoms with van der Waals surface area (Å²) in [7, 11) is -3.77. The average Bonchev–Trinajstić information content (AvgIpc) is 3.08. The van der Waals surface area contributed by atoms with Crippen molar-refractivity contribution in [2.45, 2.75) is 4.90 Å². The van der Waals surface area contributed by atoms with Crippen molar-refractivity contribution in [2.24, 2.45) is 0 Å². The van der Waals surface area contributed by atoms with Crippen molar-refractivity contribution in [1.29, 1.82) is 0 Å². The van der Waals surface area contributed by atoms with Crippen molar-refractivity contribution in [3.8, 4) is 16.9 Å². The molecule has 2 heterocycles. The van der Waals surface area contributed by atoms with Gasteiger partial charge in [0, 0.05) is 17.1 Å².